The number of β-amino-alcohol motifs (C(OH)–C–C–N with tert-alkyl or cyclic N) is 1. The topological polar surface area (TPSA) is 54.4 Å². The normalized spacial score (nSPS) is 21.2. The molecule has 2 atom stereocenters. The van der Waals surface area contributed by atoms with Gasteiger partial charge in [0.05, 0.1) is 11.8 Å². The summed E-state index contributed by atoms with van der Waals surface area (Å²) in [5, 5.41) is 13.6. The summed E-state index contributed by atoms with van der Waals surface area (Å²) < 4.78 is 19.3. The minimum Gasteiger partial charge on any atom is -0.473 e. The quantitative estimate of drug-likeness (QED) is 0.901. The number of halogens is 2. The molecule has 1 aliphatic rings. The van der Waals surface area contributed by atoms with Gasteiger partial charge in [0.2, 0.25) is 5.88 Å². The molecule has 1 aromatic heterocycles. The average Bonchev–Trinajstić information content (AvgIpc) is 2.55. The van der Waals surface area contributed by atoms with Crippen LogP contribution >= 0.6 is 11.6 Å². The number of piperidine rings is 1. The second kappa shape index (κ2) is 7.25. The first-order valence-corrected chi connectivity index (χ1v) is 7.94. The van der Waals surface area contributed by atoms with Crippen LogP contribution in [0.2, 0.25) is 5.02 Å². The van der Waals surface area contributed by atoms with E-state index in [0.717, 1.165) is 18.7 Å². The van der Waals surface area contributed by atoms with Gasteiger partial charge in [0.25, 0.3) is 0 Å². The largest absolute Gasteiger partial charge is 0.473 e. The van der Waals surface area contributed by atoms with Gasteiger partial charge in [-0.2, -0.15) is 0 Å². The van der Waals surface area contributed by atoms with E-state index in [9.17, 15) is 9.50 Å². The second-order valence-electron chi connectivity index (χ2n) is 5.59. The van der Waals surface area contributed by atoms with Gasteiger partial charge in [0.15, 0.2) is 0 Å². The van der Waals surface area contributed by atoms with Gasteiger partial charge >= 0.3 is 0 Å². The minimum absolute atomic E-state index is 0.00734. The van der Waals surface area contributed by atoms with Gasteiger partial charge in [-0.05, 0) is 31.2 Å². The predicted octanol–water partition coefficient (Wildman–Crippen LogP) is 2.89. The Kier molecular flexibility index (Phi) is 5.10. The fourth-order valence-corrected chi connectivity index (χ4v) is 2.85. The Morgan fingerprint density at radius 3 is 3.00 bits per heavy atom. The zero-order chi connectivity index (χ0) is 16.2. The fourth-order valence-electron chi connectivity index (χ4n) is 2.70. The van der Waals surface area contributed by atoms with E-state index in [1.807, 2.05) is 12.1 Å². The molecule has 0 amide bonds. The van der Waals surface area contributed by atoms with Crippen molar-refractivity contribution in [1.82, 2.24) is 10.3 Å². The van der Waals surface area contributed by atoms with Gasteiger partial charge in [-0.3, -0.25) is 0 Å². The molecule has 2 N–H and O–H groups in total. The molecule has 0 bridgehead atoms. The molecule has 1 saturated heterocycles. The highest BCUT2D eigenvalue weighted by molar-refractivity contribution is 6.30. The summed E-state index contributed by atoms with van der Waals surface area (Å²) in [6, 6.07) is 9.93. The molecular weight excluding hydrogens is 319 g/mol. The van der Waals surface area contributed by atoms with Crippen LogP contribution in [-0.4, -0.2) is 29.3 Å². The summed E-state index contributed by atoms with van der Waals surface area (Å²) in [4.78, 5) is 4.45. The summed E-state index contributed by atoms with van der Waals surface area (Å²) >= 11 is 5.73. The van der Waals surface area contributed by atoms with Crippen molar-refractivity contribution in [3.05, 3.63) is 58.5 Å². The number of benzene rings is 1. The number of hydrogen-bond acceptors (Lipinski definition) is 4. The van der Waals surface area contributed by atoms with Gasteiger partial charge in [-0.1, -0.05) is 23.7 Å². The van der Waals surface area contributed by atoms with Crippen LogP contribution in [0.15, 0.2) is 36.4 Å². The number of aromatic nitrogens is 1. The lowest BCUT2D eigenvalue weighted by molar-refractivity contribution is 0.116. The SMILES string of the molecule is O[C@H]1CNCC[C@H]1c1cccc(OCc2ccc(Cl)cc2F)n1. The molecule has 0 radical (unpaired) electrons. The molecule has 122 valence electrons. The Labute approximate surface area is 139 Å². The van der Waals surface area contributed by atoms with Crippen LogP contribution in [0, 0.1) is 5.82 Å². The van der Waals surface area contributed by atoms with E-state index >= 15 is 0 Å². The highest BCUT2D eigenvalue weighted by Gasteiger charge is 2.25. The van der Waals surface area contributed by atoms with Crippen LogP contribution in [0.25, 0.3) is 0 Å². The number of pyridine rings is 1. The standard InChI is InChI=1S/C17H18ClFN2O2/c18-12-5-4-11(14(19)8-12)10-23-17-3-1-2-15(21-17)13-6-7-20-9-16(13)22/h1-5,8,13,16,20,22H,6-7,9-10H2/t13-,16-/m0/s1. The van der Waals surface area contributed by atoms with Crippen LogP contribution in [0.1, 0.15) is 23.6 Å². The summed E-state index contributed by atoms with van der Waals surface area (Å²) in [5.74, 6) is 0.0112. The van der Waals surface area contributed by atoms with Crippen LogP contribution < -0.4 is 10.1 Å². The van der Waals surface area contributed by atoms with Crippen molar-refractivity contribution < 1.29 is 14.2 Å². The van der Waals surface area contributed by atoms with E-state index in [1.165, 1.54) is 6.07 Å². The summed E-state index contributed by atoms with van der Waals surface area (Å²) in [5.41, 5.74) is 1.22. The van der Waals surface area contributed by atoms with Crippen LogP contribution in [0.5, 0.6) is 5.88 Å². The van der Waals surface area contributed by atoms with Crippen LogP contribution in [-0.2, 0) is 6.61 Å². The Bertz CT molecular complexity index is 683. The molecule has 1 aromatic carbocycles. The average molecular weight is 337 g/mol. The van der Waals surface area contributed by atoms with Crippen molar-refractivity contribution in [3.63, 3.8) is 0 Å². The van der Waals surface area contributed by atoms with Gasteiger partial charge in [-0.25, -0.2) is 9.37 Å². The number of nitrogens with one attached hydrogen (secondary N) is 1. The Balaban J connectivity index is 1.70. The van der Waals surface area contributed by atoms with Gasteiger partial charge in [0.1, 0.15) is 12.4 Å². The first-order valence-electron chi connectivity index (χ1n) is 7.56. The second-order valence-corrected chi connectivity index (χ2v) is 6.03. The molecule has 0 saturated carbocycles. The molecule has 1 aliphatic heterocycles. The lowest BCUT2D eigenvalue weighted by Gasteiger charge is -2.28. The molecule has 2 aromatic rings. The number of nitrogens with zero attached hydrogens (tertiary/aromatic N) is 1. The van der Waals surface area contributed by atoms with E-state index < -0.39 is 11.9 Å². The van der Waals surface area contributed by atoms with Gasteiger partial charge in [-0.15, -0.1) is 0 Å². The lowest BCUT2D eigenvalue weighted by Crippen LogP contribution is -2.39. The maximum Gasteiger partial charge on any atom is 0.213 e. The van der Waals surface area contributed by atoms with Crippen LogP contribution in [0.4, 0.5) is 4.39 Å². The Morgan fingerprint density at radius 1 is 1.35 bits per heavy atom. The molecule has 1 fully saturated rings. The number of hydrogen-bond donors (Lipinski definition) is 2. The smallest absolute Gasteiger partial charge is 0.213 e. The molecule has 0 aliphatic carbocycles. The van der Waals surface area contributed by atoms with Gasteiger partial charge < -0.3 is 15.2 Å². The molecule has 0 spiro atoms. The van der Waals surface area contributed by atoms with Crippen molar-refractivity contribution >= 4 is 11.6 Å². The summed E-state index contributed by atoms with van der Waals surface area (Å²) in [6.45, 7) is 1.49. The third kappa shape index (κ3) is 3.99. The monoisotopic (exact) mass is 336 g/mol. The third-order valence-electron chi connectivity index (χ3n) is 3.97. The highest BCUT2D eigenvalue weighted by Crippen LogP contribution is 2.26. The van der Waals surface area contributed by atoms with E-state index in [1.54, 1.807) is 18.2 Å². The number of rotatable bonds is 4. The maximum atomic E-state index is 13.7. The number of ether oxygens (including phenoxy) is 1. The molecule has 2 heterocycles. The van der Waals surface area contributed by atoms with Crippen molar-refractivity contribution in [2.75, 3.05) is 13.1 Å². The summed E-state index contributed by atoms with van der Waals surface area (Å²) in [7, 11) is 0. The van der Waals surface area contributed by atoms with E-state index in [0.29, 0.717) is 23.0 Å². The Hall–Kier alpha value is -1.69. The highest BCUT2D eigenvalue weighted by atomic mass is 35.5. The molecule has 23 heavy (non-hydrogen) atoms. The van der Waals surface area contributed by atoms with Crippen molar-refractivity contribution in [2.45, 2.75) is 25.0 Å². The summed E-state index contributed by atoms with van der Waals surface area (Å²) in [6.07, 6.45) is 0.365. The number of aliphatic hydroxyl groups excluding tert-OH is 1. The first-order chi connectivity index (χ1) is 11.1. The maximum absolute atomic E-state index is 13.7. The predicted molar refractivity (Wildman–Crippen MR) is 86.2 cm³/mol. The molecule has 0 unspecified atom stereocenters. The molecule has 6 heteroatoms. The zero-order valence-corrected chi connectivity index (χ0v) is 13.3. The minimum atomic E-state index is -0.458. The van der Waals surface area contributed by atoms with E-state index in [2.05, 4.69) is 10.3 Å². The van der Waals surface area contributed by atoms with Crippen molar-refractivity contribution in [1.29, 1.82) is 0 Å². The molecular formula is C17H18ClFN2O2. The van der Waals surface area contributed by atoms with Crippen LogP contribution in [0.3, 0.4) is 0 Å². The molecule has 4 nitrogen and oxygen atoms in total. The first kappa shape index (κ1) is 16.2. The molecule has 3 rings (SSSR count). The lowest BCUT2D eigenvalue weighted by atomic mass is 9.91. The Morgan fingerprint density at radius 2 is 2.22 bits per heavy atom. The van der Waals surface area contributed by atoms with Gasteiger partial charge in [0, 0.05) is 29.1 Å². The zero-order valence-electron chi connectivity index (χ0n) is 12.5. The number of aliphatic hydroxyl groups is 1. The third-order valence-corrected chi connectivity index (χ3v) is 4.20. The van der Waals surface area contributed by atoms with Crippen molar-refractivity contribution in [3.8, 4) is 5.88 Å². The fraction of sp³-hybridized carbons (Fsp3) is 0.353. The van der Waals surface area contributed by atoms with E-state index in [-0.39, 0.29) is 12.5 Å². The van der Waals surface area contributed by atoms with E-state index in [4.69, 9.17) is 16.3 Å². The van der Waals surface area contributed by atoms with Crippen molar-refractivity contribution in [2.24, 2.45) is 0 Å².